The summed E-state index contributed by atoms with van der Waals surface area (Å²) < 4.78 is 2.75. The Balaban J connectivity index is 2.72. The predicted molar refractivity (Wildman–Crippen MR) is 88.6 cm³/mol. The standard InChI is InChI=1S/C16H22BrN3/c1-9-7-10(2)13(11(3)8-9)20-15(18)12(17)14(19-20)16(4,5)6/h7-8H,18H2,1-6H3. The van der Waals surface area contributed by atoms with Gasteiger partial charge in [0.1, 0.15) is 5.82 Å². The van der Waals surface area contributed by atoms with E-state index >= 15 is 0 Å². The summed E-state index contributed by atoms with van der Waals surface area (Å²) in [6, 6.07) is 4.32. The van der Waals surface area contributed by atoms with Gasteiger partial charge in [0, 0.05) is 5.41 Å². The van der Waals surface area contributed by atoms with Crippen LogP contribution in [-0.4, -0.2) is 9.78 Å². The molecule has 0 aliphatic rings. The first kappa shape index (κ1) is 15.1. The van der Waals surface area contributed by atoms with E-state index < -0.39 is 0 Å². The van der Waals surface area contributed by atoms with Crippen LogP contribution in [0.15, 0.2) is 16.6 Å². The third-order valence-corrected chi connectivity index (χ3v) is 4.20. The zero-order valence-corrected chi connectivity index (χ0v) is 14.6. The lowest BCUT2D eigenvalue weighted by Gasteiger charge is -2.16. The number of aromatic nitrogens is 2. The van der Waals surface area contributed by atoms with Gasteiger partial charge in [0.15, 0.2) is 0 Å². The maximum absolute atomic E-state index is 6.26. The van der Waals surface area contributed by atoms with Crippen LogP contribution in [0.1, 0.15) is 43.2 Å². The van der Waals surface area contributed by atoms with Crippen molar-refractivity contribution in [2.75, 3.05) is 5.73 Å². The molecular weight excluding hydrogens is 314 g/mol. The van der Waals surface area contributed by atoms with Crippen LogP contribution in [0.4, 0.5) is 5.82 Å². The number of hydrogen-bond donors (Lipinski definition) is 1. The molecule has 1 aromatic heterocycles. The van der Waals surface area contributed by atoms with Crippen LogP contribution in [0, 0.1) is 20.8 Å². The highest BCUT2D eigenvalue weighted by molar-refractivity contribution is 9.10. The van der Waals surface area contributed by atoms with Gasteiger partial charge in [-0.15, -0.1) is 0 Å². The Morgan fingerprint density at radius 3 is 2.00 bits per heavy atom. The Bertz CT molecular complexity index is 640. The summed E-state index contributed by atoms with van der Waals surface area (Å²) in [5, 5.41) is 4.75. The number of nitrogen functional groups attached to an aromatic ring is 1. The van der Waals surface area contributed by atoms with Gasteiger partial charge in [0.05, 0.1) is 15.9 Å². The summed E-state index contributed by atoms with van der Waals surface area (Å²) in [7, 11) is 0. The third kappa shape index (κ3) is 2.49. The molecule has 3 nitrogen and oxygen atoms in total. The van der Waals surface area contributed by atoms with Crippen LogP contribution >= 0.6 is 15.9 Å². The predicted octanol–water partition coefficient (Wildman–Crippen LogP) is 4.44. The minimum absolute atomic E-state index is 0.0509. The van der Waals surface area contributed by atoms with Crippen molar-refractivity contribution in [1.82, 2.24) is 9.78 Å². The van der Waals surface area contributed by atoms with E-state index in [4.69, 9.17) is 10.8 Å². The maximum Gasteiger partial charge on any atom is 0.141 e. The molecule has 1 heterocycles. The first-order chi connectivity index (χ1) is 9.12. The average Bonchev–Trinajstić information content (AvgIpc) is 2.55. The fourth-order valence-electron chi connectivity index (χ4n) is 2.57. The Morgan fingerprint density at radius 1 is 1.10 bits per heavy atom. The number of nitrogens with zero attached hydrogens (tertiary/aromatic N) is 2. The van der Waals surface area contributed by atoms with E-state index in [1.54, 1.807) is 0 Å². The Labute approximate surface area is 129 Å². The lowest BCUT2D eigenvalue weighted by atomic mass is 9.92. The van der Waals surface area contributed by atoms with Gasteiger partial charge in [-0.05, 0) is 47.8 Å². The average molecular weight is 336 g/mol. The topological polar surface area (TPSA) is 43.8 Å². The van der Waals surface area contributed by atoms with E-state index in [9.17, 15) is 0 Å². The second-order valence-electron chi connectivity index (χ2n) is 6.46. The highest BCUT2D eigenvalue weighted by Crippen LogP contribution is 2.35. The molecule has 0 aliphatic heterocycles. The van der Waals surface area contributed by atoms with Gasteiger partial charge in [-0.1, -0.05) is 38.5 Å². The monoisotopic (exact) mass is 335 g/mol. The number of rotatable bonds is 1. The Hall–Kier alpha value is -1.29. The third-order valence-electron chi connectivity index (χ3n) is 3.42. The molecule has 2 N–H and O–H groups in total. The van der Waals surface area contributed by atoms with Gasteiger partial charge in [0.2, 0.25) is 0 Å². The van der Waals surface area contributed by atoms with Crippen LogP contribution in [-0.2, 0) is 5.41 Å². The van der Waals surface area contributed by atoms with Crippen molar-refractivity contribution in [3.8, 4) is 5.69 Å². The number of aryl methyl sites for hydroxylation is 3. The molecular formula is C16H22BrN3. The zero-order chi connectivity index (χ0) is 15.2. The number of halogens is 1. The first-order valence-electron chi connectivity index (χ1n) is 6.75. The molecule has 0 saturated heterocycles. The normalized spacial score (nSPS) is 11.9. The second-order valence-corrected chi connectivity index (χ2v) is 7.25. The van der Waals surface area contributed by atoms with E-state index in [1.807, 2.05) is 4.68 Å². The highest BCUT2D eigenvalue weighted by Gasteiger charge is 2.25. The molecule has 0 amide bonds. The molecule has 20 heavy (non-hydrogen) atoms. The molecule has 0 fully saturated rings. The van der Waals surface area contributed by atoms with Gasteiger partial charge in [-0.3, -0.25) is 0 Å². The highest BCUT2D eigenvalue weighted by atomic mass is 79.9. The molecule has 2 rings (SSSR count). The zero-order valence-electron chi connectivity index (χ0n) is 13.0. The quantitative estimate of drug-likeness (QED) is 0.837. The smallest absolute Gasteiger partial charge is 0.141 e. The van der Waals surface area contributed by atoms with E-state index in [-0.39, 0.29) is 5.41 Å². The summed E-state index contributed by atoms with van der Waals surface area (Å²) >= 11 is 3.59. The summed E-state index contributed by atoms with van der Waals surface area (Å²) in [5.41, 5.74) is 11.9. The van der Waals surface area contributed by atoms with Crippen LogP contribution in [0.3, 0.4) is 0 Å². The number of benzene rings is 1. The van der Waals surface area contributed by atoms with Crippen molar-refractivity contribution in [3.63, 3.8) is 0 Å². The van der Waals surface area contributed by atoms with E-state index in [1.165, 1.54) is 16.7 Å². The van der Waals surface area contributed by atoms with Crippen LogP contribution < -0.4 is 5.73 Å². The van der Waals surface area contributed by atoms with Crippen LogP contribution in [0.5, 0.6) is 0 Å². The van der Waals surface area contributed by atoms with Gasteiger partial charge in [0.25, 0.3) is 0 Å². The van der Waals surface area contributed by atoms with E-state index in [2.05, 4.69) is 69.6 Å². The van der Waals surface area contributed by atoms with Crippen LogP contribution in [0.25, 0.3) is 5.69 Å². The molecule has 0 atom stereocenters. The summed E-state index contributed by atoms with van der Waals surface area (Å²) in [5.74, 6) is 0.657. The molecule has 0 unspecified atom stereocenters. The summed E-state index contributed by atoms with van der Waals surface area (Å²) in [4.78, 5) is 0. The molecule has 4 heteroatoms. The fourth-order valence-corrected chi connectivity index (χ4v) is 3.41. The van der Waals surface area contributed by atoms with E-state index in [0.29, 0.717) is 5.82 Å². The van der Waals surface area contributed by atoms with Gasteiger partial charge >= 0.3 is 0 Å². The molecule has 1 aromatic carbocycles. The molecule has 0 spiro atoms. The van der Waals surface area contributed by atoms with Crippen molar-refractivity contribution in [2.45, 2.75) is 47.0 Å². The fraction of sp³-hybridized carbons (Fsp3) is 0.438. The van der Waals surface area contributed by atoms with Gasteiger partial charge in [-0.25, -0.2) is 4.68 Å². The van der Waals surface area contributed by atoms with Crippen molar-refractivity contribution in [2.24, 2.45) is 0 Å². The number of nitrogens with two attached hydrogens (primary N) is 1. The molecule has 0 bridgehead atoms. The maximum atomic E-state index is 6.26. The SMILES string of the molecule is Cc1cc(C)c(-n2nc(C(C)(C)C)c(Br)c2N)c(C)c1. The molecule has 0 aliphatic carbocycles. The van der Waals surface area contributed by atoms with E-state index in [0.717, 1.165) is 15.9 Å². The Kier molecular flexibility index (Phi) is 3.71. The van der Waals surface area contributed by atoms with Crippen molar-refractivity contribution < 1.29 is 0 Å². The number of hydrogen-bond acceptors (Lipinski definition) is 2. The molecule has 0 saturated carbocycles. The minimum atomic E-state index is -0.0509. The van der Waals surface area contributed by atoms with Crippen molar-refractivity contribution in [3.05, 3.63) is 39.0 Å². The Morgan fingerprint density at radius 2 is 1.60 bits per heavy atom. The van der Waals surface area contributed by atoms with Gasteiger partial charge < -0.3 is 5.73 Å². The largest absolute Gasteiger partial charge is 0.383 e. The van der Waals surface area contributed by atoms with Crippen molar-refractivity contribution in [1.29, 1.82) is 0 Å². The summed E-state index contributed by atoms with van der Waals surface area (Å²) in [6.07, 6.45) is 0. The molecule has 0 radical (unpaired) electrons. The second kappa shape index (κ2) is 4.92. The van der Waals surface area contributed by atoms with Gasteiger partial charge in [-0.2, -0.15) is 5.10 Å². The lowest BCUT2D eigenvalue weighted by Crippen LogP contribution is -2.13. The summed E-state index contributed by atoms with van der Waals surface area (Å²) in [6.45, 7) is 12.7. The number of anilines is 1. The van der Waals surface area contributed by atoms with Crippen LogP contribution in [0.2, 0.25) is 0 Å². The minimum Gasteiger partial charge on any atom is -0.383 e. The molecule has 2 aromatic rings. The molecule has 108 valence electrons. The lowest BCUT2D eigenvalue weighted by molar-refractivity contribution is 0.557. The first-order valence-corrected chi connectivity index (χ1v) is 7.55. The van der Waals surface area contributed by atoms with Crippen molar-refractivity contribution >= 4 is 21.7 Å².